The van der Waals surface area contributed by atoms with Crippen molar-refractivity contribution >= 4 is 10.0 Å². The molecule has 1 aliphatic heterocycles. The third-order valence-corrected chi connectivity index (χ3v) is 4.80. The van der Waals surface area contributed by atoms with Gasteiger partial charge in [0, 0.05) is 13.1 Å². The van der Waals surface area contributed by atoms with Crippen LogP contribution in [0.25, 0.3) is 0 Å². The lowest BCUT2D eigenvalue weighted by atomic mass is 10.3. The van der Waals surface area contributed by atoms with Crippen LogP contribution in [0.5, 0.6) is 0 Å². The minimum atomic E-state index is -3.56. The van der Waals surface area contributed by atoms with E-state index in [0.717, 1.165) is 0 Å². The van der Waals surface area contributed by atoms with Gasteiger partial charge in [0.05, 0.1) is 12.3 Å². The fourth-order valence-corrected chi connectivity index (χ4v) is 3.61. The molecule has 2 N–H and O–H groups in total. The molecule has 7 heteroatoms. The molecule has 1 aliphatic rings. The Hall–Kier alpha value is -1.18. The van der Waals surface area contributed by atoms with Gasteiger partial charge in [-0.25, -0.2) is 8.42 Å². The van der Waals surface area contributed by atoms with E-state index in [0.29, 0.717) is 25.2 Å². The Balaban J connectivity index is 2.43. The highest BCUT2D eigenvalue weighted by atomic mass is 32.2. The molecule has 0 unspecified atom stereocenters. The molecule has 0 spiro atoms. The summed E-state index contributed by atoms with van der Waals surface area (Å²) < 4.78 is 26.1. The van der Waals surface area contributed by atoms with Crippen molar-refractivity contribution in [3.63, 3.8) is 0 Å². The summed E-state index contributed by atoms with van der Waals surface area (Å²) in [6, 6.07) is 0. The minimum Gasteiger partial charge on any atom is -0.390 e. The molecule has 1 aromatic rings. The van der Waals surface area contributed by atoms with Gasteiger partial charge in [-0.2, -0.15) is 9.40 Å². The summed E-state index contributed by atoms with van der Waals surface area (Å²) in [4.78, 5) is 0.107. The molecule has 0 aliphatic carbocycles. The fraction of sp³-hybridized carbons (Fsp3) is 0.500. The zero-order valence-electron chi connectivity index (χ0n) is 9.55. The predicted octanol–water partition coefficient (Wildman–Crippen LogP) is 0.161. The number of aliphatic hydroxyl groups is 1. The molecule has 6 nitrogen and oxygen atoms in total. The standard InChI is InChI=1S/C10H15N3O3S/c1-8-10(9(7-14)12-11-8)17(15,16)13-5-3-2-4-6-13/h2-3,14H,4-7H2,1H3,(H,11,12). The van der Waals surface area contributed by atoms with Gasteiger partial charge in [-0.1, -0.05) is 12.2 Å². The van der Waals surface area contributed by atoms with E-state index in [1.54, 1.807) is 6.92 Å². The molecular formula is C10H15N3O3S. The minimum absolute atomic E-state index is 0.107. The monoisotopic (exact) mass is 257 g/mol. The van der Waals surface area contributed by atoms with Crippen LogP contribution >= 0.6 is 0 Å². The molecule has 0 saturated carbocycles. The number of sulfonamides is 1. The van der Waals surface area contributed by atoms with Crippen molar-refractivity contribution in [3.05, 3.63) is 23.5 Å². The number of aliphatic hydroxyl groups excluding tert-OH is 1. The first-order chi connectivity index (χ1) is 8.07. The van der Waals surface area contributed by atoms with Crippen LogP contribution in [0.4, 0.5) is 0 Å². The fourth-order valence-electron chi connectivity index (χ4n) is 1.89. The van der Waals surface area contributed by atoms with Crippen LogP contribution in [0, 0.1) is 6.92 Å². The summed E-state index contributed by atoms with van der Waals surface area (Å²) in [6.45, 7) is 2.09. The molecule has 0 bridgehead atoms. The van der Waals surface area contributed by atoms with Gasteiger partial charge in [0.15, 0.2) is 0 Å². The first kappa shape index (κ1) is 12.3. The molecule has 0 saturated heterocycles. The van der Waals surface area contributed by atoms with Crippen molar-refractivity contribution in [1.29, 1.82) is 0 Å². The van der Waals surface area contributed by atoms with E-state index in [2.05, 4.69) is 10.2 Å². The molecule has 1 aromatic heterocycles. The van der Waals surface area contributed by atoms with E-state index in [-0.39, 0.29) is 17.2 Å². The summed E-state index contributed by atoms with van der Waals surface area (Å²) in [5.74, 6) is 0. The van der Waals surface area contributed by atoms with E-state index in [1.165, 1.54) is 4.31 Å². The van der Waals surface area contributed by atoms with E-state index in [9.17, 15) is 8.42 Å². The van der Waals surface area contributed by atoms with Gasteiger partial charge in [0.2, 0.25) is 10.0 Å². The Labute approximate surface area is 100 Å². The highest BCUT2D eigenvalue weighted by molar-refractivity contribution is 7.89. The van der Waals surface area contributed by atoms with E-state index >= 15 is 0 Å². The van der Waals surface area contributed by atoms with Gasteiger partial charge in [-0.3, -0.25) is 5.10 Å². The molecule has 0 radical (unpaired) electrons. The molecule has 2 rings (SSSR count). The summed E-state index contributed by atoms with van der Waals surface area (Å²) in [5, 5.41) is 15.5. The number of aromatic amines is 1. The van der Waals surface area contributed by atoms with Gasteiger partial charge in [0.25, 0.3) is 0 Å². The summed E-state index contributed by atoms with van der Waals surface area (Å²) in [5.41, 5.74) is 0.639. The zero-order chi connectivity index (χ0) is 12.5. The molecule has 0 atom stereocenters. The third-order valence-electron chi connectivity index (χ3n) is 2.73. The number of aryl methyl sites for hydroxylation is 1. The average Bonchev–Trinajstić information content (AvgIpc) is 2.72. The zero-order valence-corrected chi connectivity index (χ0v) is 10.4. The summed E-state index contributed by atoms with van der Waals surface area (Å²) in [7, 11) is -3.56. The molecule has 0 amide bonds. The lowest BCUT2D eigenvalue weighted by Gasteiger charge is -2.22. The van der Waals surface area contributed by atoms with Crippen LogP contribution in [0.2, 0.25) is 0 Å². The van der Waals surface area contributed by atoms with Gasteiger partial charge in [-0.15, -0.1) is 0 Å². The van der Waals surface area contributed by atoms with Crippen LogP contribution in [-0.2, 0) is 16.6 Å². The molecule has 17 heavy (non-hydrogen) atoms. The number of H-pyrrole nitrogens is 1. The third kappa shape index (κ3) is 2.13. The Morgan fingerprint density at radius 1 is 1.53 bits per heavy atom. The Bertz CT molecular complexity index is 533. The molecule has 2 heterocycles. The van der Waals surface area contributed by atoms with Crippen LogP contribution in [0.3, 0.4) is 0 Å². The Morgan fingerprint density at radius 2 is 2.29 bits per heavy atom. The first-order valence-electron chi connectivity index (χ1n) is 5.37. The topological polar surface area (TPSA) is 86.3 Å². The molecule has 0 fully saturated rings. The van der Waals surface area contributed by atoms with Crippen LogP contribution in [-0.4, -0.2) is 41.1 Å². The maximum Gasteiger partial charge on any atom is 0.247 e. The second-order valence-electron chi connectivity index (χ2n) is 3.91. The number of nitrogens with zero attached hydrogens (tertiary/aromatic N) is 2. The SMILES string of the molecule is Cc1[nH]nc(CO)c1S(=O)(=O)N1CC=CCC1. The van der Waals surface area contributed by atoms with Crippen LogP contribution in [0.1, 0.15) is 17.8 Å². The van der Waals surface area contributed by atoms with Gasteiger partial charge >= 0.3 is 0 Å². The van der Waals surface area contributed by atoms with Gasteiger partial charge < -0.3 is 5.11 Å². The normalized spacial score (nSPS) is 17.5. The summed E-state index contributed by atoms with van der Waals surface area (Å²) in [6.07, 6.45) is 4.50. The van der Waals surface area contributed by atoms with E-state index < -0.39 is 10.0 Å². The van der Waals surface area contributed by atoms with Crippen LogP contribution in [0.15, 0.2) is 17.0 Å². The molecule has 0 aromatic carbocycles. The van der Waals surface area contributed by atoms with Crippen molar-refractivity contribution in [2.75, 3.05) is 13.1 Å². The number of hydrogen-bond acceptors (Lipinski definition) is 4. The van der Waals surface area contributed by atoms with E-state index in [1.807, 2.05) is 12.2 Å². The smallest absolute Gasteiger partial charge is 0.247 e. The quantitative estimate of drug-likeness (QED) is 0.755. The summed E-state index contributed by atoms with van der Waals surface area (Å²) >= 11 is 0. The van der Waals surface area contributed by atoms with E-state index in [4.69, 9.17) is 5.11 Å². The number of nitrogens with one attached hydrogen (secondary N) is 1. The van der Waals surface area contributed by atoms with Crippen molar-refractivity contribution in [2.24, 2.45) is 0 Å². The largest absolute Gasteiger partial charge is 0.390 e. The predicted molar refractivity (Wildman–Crippen MR) is 61.8 cm³/mol. The van der Waals surface area contributed by atoms with Gasteiger partial charge in [0.1, 0.15) is 10.6 Å². The maximum atomic E-state index is 12.4. The first-order valence-corrected chi connectivity index (χ1v) is 6.81. The second-order valence-corrected chi connectivity index (χ2v) is 5.78. The molecular weight excluding hydrogens is 242 g/mol. The second kappa shape index (κ2) is 4.59. The van der Waals surface area contributed by atoms with Crippen molar-refractivity contribution in [3.8, 4) is 0 Å². The lowest BCUT2D eigenvalue weighted by molar-refractivity contribution is 0.273. The van der Waals surface area contributed by atoms with Gasteiger partial charge in [-0.05, 0) is 13.3 Å². The average molecular weight is 257 g/mol. The van der Waals surface area contributed by atoms with Crippen molar-refractivity contribution in [1.82, 2.24) is 14.5 Å². The molecule has 94 valence electrons. The number of hydrogen-bond donors (Lipinski definition) is 2. The highest BCUT2D eigenvalue weighted by Crippen LogP contribution is 2.23. The number of aromatic nitrogens is 2. The van der Waals surface area contributed by atoms with Crippen LogP contribution < -0.4 is 0 Å². The van der Waals surface area contributed by atoms with Crippen molar-refractivity contribution in [2.45, 2.75) is 24.8 Å². The van der Waals surface area contributed by atoms with Crippen molar-refractivity contribution < 1.29 is 13.5 Å². The Kier molecular flexibility index (Phi) is 3.32. The maximum absolute atomic E-state index is 12.4. The Morgan fingerprint density at radius 3 is 2.88 bits per heavy atom. The highest BCUT2D eigenvalue weighted by Gasteiger charge is 2.30. The number of rotatable bonds is 3. The lowest BCUT2D eigenvalue weighted by Crippen LogP contribution is -2.34.